The van der Waals surface area contributed by atoms with Crippen LogP contribution in [0.1, 0.15) is 129 Å². The number of hydrogen-bond acceptors (Lipinski definition) is 2. The number of carbonyl (C=O) groups excluding carboxylic acids is 1. The zero-order valence-electron chi connectivity index (χ0n) is 20.9. The summed E-state index contributed by atoms with van der Waals surface area (Å²) in [5, 5.41) is 0. The van der Waals surface area contributed by atoms with E-state index in [4.69, 9.17) is 4.74 Å². The van der Waals surface area contributed by atoms with E-state index < -0.39 is 0 Å². The van der Waals surface area contributed by atoms with Crippen molar-refractivity contribution in [2.75, 3.05) is 0 Å². The summed E-state index contributed by atoms with van der Waals surface area (Å²) in [6.07, 6.45) is 9.50. The van der Waals surface area contributed by atoms with Gasteiger partial charge in [0.2, 0.25) is 0 Å². The highest BCUT2D eigenvalue weighted by Crippen LogP contribution is 2.48. The van der Waals surface area contributed by atoms with Gasteiger partial charge in [-0.25, -0.2) is 4.79 Å². The van der Waals surface area contributed by atoms with Gasteiger partial charge in [-0.05, 0) is 73.5 Å². The van der Waals surface area contributed by atoms with E-state index in [-0.39, 0.29) is 17.0 Å². The fraction of sp³-hybridized carbons (Fsp3) is 0.750. The van der Waals surface area contributed by atoms with Crippen LogP contribution in [0.4, 0.5) is 0 Å². The fourth-order valence-corrected chi connectivity index (χ4v) is 5.06. The van der Waals surface area contributed by atoms with Gasteiger partial charge in [-0.2, -0.15) is 0 Å². The molecule has 0 heterocycles. The van der Waals surface area contributed by atoms with Crippen molar-refractivity contribution in [3.8, 4) is 0 Å². The minimum atomic E-state index is -0.386. The molecule has 0 saturated heterocycles. The van der Waals surface area contributed by atoms with E-state index in [0.29, 0.717) is 22.8 Å². The molecule has 1 aliphatic carbocycles. The van der Waals surface area contributed by atoms with Crippen LogP contribution in [-0.4, -0.2) is 11.6 Å². The lowest BCUT2D eigenvalue weighted by molar-refractivity contribution is -0.0285. The summed E-state index contributed by atoms with van der Waals surface area (Å²) < 4.78 is 5.98. The van der Waals surface area contributed by atoms with E-state index in [0.717, 1.165) is 12.8 Å². The molecular weight excluding hydrogens is 368 g/mol. The predicted octanol–water partition coefficient (Wildman–Crippen LogP) is 8.55. The van der Waals surface area contributed by atoms with Crippen LogP contribution in [0.15, 0.2) is 24.3 Å². The minimum absolute atomic E-state index is 0.183. The Hall–Kier alpha value is -1.31. The highest BCUT2D eigenvalue weighted by molar-refractivity contribution is 5.89. The van der Waals surface area contributed by atoms with Crippen molar-refractivity contribution in [3.05, 3.63) is 35.4 Å². The summed E-state index contributed by atoms with van der Waals surface area (Å²) in [4.78, 5) is 12.9. The molecule has 0 N–H and O–H groups in total. The molecule has 0 aromatic heterocycles. The maximum absolute atomic E-state index is 12.9. The molecule has 170 valence electrons. The predicted molar refractivity (Wildman–Crippen MR) is 128 cm³/mol. The van der Waals surface area contributed by atoms with Gasteiger partial charge in [0, 0.05) is 0 Å². The number of carbonyl (C=O) groups is 1. The van der Waals surface area contributed by atoms with Gasteiger partial charge in [0.15, 0.2) is 0 Å². The fourth-order valence-electron chi connectivity index (χ4n) is 5.06. The molecule has 1 saturated carbocycles. The standard InChI is InChI=1S/C28H46O2/c1-9-26(4,5)20-24(28(8,10-2)11-3)21-16-18-22(19-17-21)25(29)30-27(6,7)23-14-12-13-15-23/h16-19,23-24H,9-15,20H2,1-8H3. The second kappa shape index (κ2) is 9.88. The maximum atomic E-state index is 12.9. The molecule has 1 fully saturated rings. The lowest BCUT2D eigenvalue weighted by Crippen LogP contribution is -2.35. The first-order valence-electron chi connectivity index (χ1n) is 12.3. The van der Waals surface area contributed by atoms with Crippen LogP contribution in [0.2, 0.25) is 0 Å². The molecule has 2 heteroatoms. The van der Waals surface area contributed by atoms with Crippen LogP contribution in [0.25, 0.3) is 0 Å². The molecule has 0 amide bonds. The van der Waals surface area contributed by atoms with Crippen molar-refractivity contribution < 1.29 is 9.53 Å². The number of benzene rings is 1. The van der Waals surface area contributed by atoms with Crippen LogP contribution in [0.3, 0.4) is 0 Å². The second-order valence-electron chi connectivity index (χ2n) is 11.2. The van der Waals surface area contributed by atoms with Gasteiger partial charge in [0.1, 0.15) is 5.60 Å². The number of rotatable bonds is 10. The number of ether oxygens (including phenoxy) is 1. The molecule has 30 heavy (non-hydrogen) atoms. The summed E-state index contributed by atoms with van der Waals surface area (Å²) >= 11 is 0. The molecule has 0 bridgehead atoms. The lowest BCUT2D eigenvalue weighted by atomic mass is 9.64. The van der Waals surface area contributed by atoms with Crippen LogP contribution in [0, 0.1) is 16.7 Å². The van der Waals surface area contributed by atoms with E-state index in [9.17, 15) is 4.79 Å². The Kier molecular flexibility index (Phi) is 8.22. The van der Waals surface area contributed by atoms with E-state index in [2.05, 4.69) is 67.5 Å². The molecule has 1 aromatic rings. The van der Waals surface area contributed by atoms with Crippen LogP contribution < -0.4 is 0 Å². The molecule has 2 nitrogen and oxygen atoms in total. The molecule has 0 spiro atoms. The van der Waals surface area contributed by atoms with Crippen molar-refractivity contribution in [1.29, 1.82) is 0 Å². The Morgan fingerprint density at radius 2 is 1.47 bits per heavy atom. The van der Waals surface area contributed by atoms with Gasteiger partial charge in [-0.3, -0.25) is 0 Å². The first-order chi connectivity index (χ1) is 14.0. The van der Waals surface area contributed by atoms with Crippen LogP contribution >= 0.6 is 0 Å². The maximum Gasteiger partial charge on any atom is 0.338 e. The van der Waals surface area contributed by atoms with Crippen LogP contribution in [0.5, 0.6) is 0 Å². The van der Waals surface area contributed by atoms with E-state index >= 15 is 0 Å². The molecule has 1 atom stereocenters. The molecule has 1 unspecified atom stereocenters. The molecule has 1 aliphatic rings. The van der Waals surface area contributed by atoms with Gasteiger partial charge >= 0.3 is 5.97 Å². The zero-order valence-corrected chi connectivity index (χ0v) is 20.9. The molecule has 0 aliphatic heterocycles. The molecule has 1 aromatic carbocycles. The highest BCUT2D eigenvalue weighted by atomic mass is 16.6. The first-order valence-corrected chi connectivity index (χ1v) is 12.3. The van der Waals surface area contributed by atoms with Crippen LogP contribution in [-0.2, 0) is 4.74 Å². The van der Waals surface area contributed by atoms with Gasteiger partial charge in [0.25, 0.3) is 0 Å². The van der Waals surface area contributed by atoms with Gasteiger partial charge < -0.3 is 4.74 Å². The Bertz CT molecular complexity index is 673. The smallest absolute Gasteiger partial charge is 0.338 e. The Morgan fingerprint density at radius 3 is 1.93 bits per heavy atom. The summed E-state index contributed by atoms with van der Waals surface area (Å²) in [6, 6.07) is 8.33. The topological polar surface area (TPSA) is 26.3 Å². The Morgan fingerprint density at radius 1 is 0.933 bits per heavy atom. The summed E-state index contributed by atoms with van der Waals surface area (Å²) in [5.41, 5.74) is 2.21. The Balaban J connectivity index is 2.22. The van der Waals surface area contributed by atoms with Gasteiger partial charge in [0.05, 0.1) is 5.56 Å². The normalized spacial score (nSPS) is 17.2. The third-order valence-corrected chi connectivity index (χ3v) is 8.41. The molecule has 2 rings (SSSR count). The molecule has 0 radical (unpaired) electrons. The van der Waals surface area contributed by atoms with E-state index in [1.807, 2.05) is 12.1 Å². The number of esters is 1. The van der Waals surface area contributed by atoms with Gasteiger partial charge in [-0.1, -0.05) is 85.8 Å². The summed E-state index contributed by atoms with van der Waals surface area (Å²) in [6.45, 7) is 18.2. The first kappa shape index (κ1) is 25.0. The van der Waals surface area contributed by atoms with Crippen molar-refractivity contribution >= 4 is 5.97 Å². The van der Waals surface area contributed by atoms with Crippen molar-refractivity contribution in [2.45, 2.75) is 118 Å². The average molecular weight is 415 g/mol. The van der Waals surface area contributed by atoms with Crippen molar-refractivity contribution in [2.24, 2.45) is 16.7 Å². The van der Waals surface area contributed by atoms with Gasteiger partial charge in [-0.15, -0.1) is 0 Å². The third kappa shape index (κ3) is 5.89. The Labute approximate surface area is 186 Å². The summed E-state index contributed by atoms with van der Waals surface area (Å²) in [7, 11) is 0. The zero-order chi connectivity index (χ0) is 22.6. The lowest BCUT2D eigenvalue weighted by Gasteiger charge is -2.41. The quantitative estimate of drug-likeness (QED) is 0.358. The third-order valence-electron chi connectivity index (χ3n) is 8.41. The largest absolute Gasteiger partial charge is 0.456 e. The second-order valence-corrected chi connectivity index (χ2v) is 11.2. The molecular formula is C28H46O2. The SMILES string of the molecule is CCC(C)(C)CC(c1ccc(C(=O)OC(C)(C)C2CCCC2)cc1)C(C)(CC)CC. The van der Waals surface area contributed by atoms with Crippen molar-refractivity contribution in [1.82, 2.24) is 0 Å². The minimum Gasteiger partial charge on any atom is -0.456 e. The highest BCUT2D eigenvalue weighted by Gasteiger charge is 2.37. The monoisotopic (exact) mass is 414 g/mol. The summed E-state index contributed by atoms with van der Waals surface area (Å²) in [5.74, 6) is 0.788. The van der Waals surface area contributed by atoms with Crippen molar-refractivity contribution in [3.63, 3.8) is 0 Å². The van der Waals surface area contributed by atoms with E-state index in [1.54, 1.807) is 0 Å². The number of hydrogen-bond donors (Lipinski definition) is 0. The average Bonchev–Trinajstić information content (AvgIpc) is 3.27. The van der Waals surface area contributed by atoms with E-state index in [1.165, 1.54) is 44.1 Å².